The second kappa shape index (κ2) is 11.5. The van der Waals surface area contributed by atoms with Crippen LogP contribution in [0, 0.1) is 0 Å². The van der Waals surface area contributed by atoms with E-state index in [0.29, 0.717) is 22.6 Å². The number of benzene rings is 3. The lowest BCUT2D eigenvalue weighted by Crippen LogP contribution is -2.20. The molecule has 1 N–H and O–H groups in total. The number of hydrogen-bond donors (Lipinski definition) is 1. The standard InChI is InChI=1S/C25H22ClN5O2S/c1-2-33-22-14-12-21(13-15-22)31-24(19-8-10-20(26)11-9-19)29-30-25(31)34-17-23(32)28-27-16-18-6-4-3-5-7-18/h3-16H,2,17H2,1H3,(H,28,32)/b27-16-. The highest BCUT2D eigenvalue weighted by Gasteiger charge is 2.17. The molecule has 0 radical (unpaired) electrons. The van der Waals surface area contributed by atoms with Gasteiger partial charge in [0, 0.05) is 16.3 Å². The van der Waals surface area contributed by atoms with Crippen LogP contribution in [0.15, 0.2) is 89.1 Å². The molecule has 0 atom stereocenters. The van der Waals surface area contributed by atoms with E-state index < -0.39 is 0 Å². The Morgan fingerprint density at radius 1 is 1.06 bits per heavy atom. The normalized spacial score (nSPS) is 11.0. The SMILES string of the molecule is CCOc1ccc(-n2c(SCC(=O)N/N=C\c3ccccc3)nnc2-c2ccc(Cl)cc2)cc1. The van der Waals surface area contributed by atoms with Crippen LogP contribution in [0.25, 0.3) is 17.1 Å². The Bertz CT molecular complexity index is 1260. The number of rotatable bonds is 9. The molecule has 172 valence electrons. The van der Waals surface area contributed by atoms with Crippen molar-refractivity contribution >= 4 is 35.5 Å². The van der Waals surface area contributed by atoms with Gasteiger partial charge in [0.15, 0.2) is 11.0 Å². The highest BCUT2D eigenvalue weighted by Crippen LogP contribution is 2.29. The number of aromatic nitrogens is 3. The zero-order chi connectivity index (χ0) is 23.8. The molecule has 0 spiro atoms. The van der Waals surface area contributed by atoms with E-state index in [4.69, 9.17) is 16.3 Å². The van der Waals surface area contributed by atoms with Gasteiger partial charge < -0.3 is 4.74 Å². The molecule has 0 aliphatic rings. The van der Waals surface area contributed by atoms with Crippen molar-refractivity contribution in [1.82, 2.24) is 20.2 Å². The molecule has 1 amide bonds. The highest BCUT2D eigenvalue weighted by molar-refractivity contribution is 7.99. The van der Waals surface area contributed by atoms with Gasteiger partial charge in [0.05, 0.1) is 18.6 Å². The number of halogens is 1. The Morgan fingerprint density at radius 3 is 2.50 bits per heavy atom. The smallest absolute Gasteiger partial charge is 0.250 e. The maximum Gasteiger partial charge on any atom is 0.250 e. The van der Waals surface area contributed by atoms with Gasteiger partial charge in [0.1, 0.15) is 5.75 Å². The quantitative estimate of drug-likeness (QED) is 0.197. The minimum absolute atomic E-state index is 0.127. The molecule has 0 saturated heterocycles. The summed E-state index contributed by atoms with van der Waals surface area (Å²) < 4.78 is 7.47. The molecule has 0 aliphatic heterocycles. The van der Waals surface area contributed by atoms with Gasteiger partial charge in [-0.15, -0.1) is 10.2 Å². The van der Waals surface area contributed by atoms with E-state index in [9.17, 15) is 4.79 Å². The molecule has 4 rings (SSSR count). The Hall–Kier alpha value is -3.62. The number of carbonyl (C=O) groups excluding carboxylic acids is 1. The van der Waals surface area contributed by atoms with Crippen LogP contribution in [0.2, 0.25) is 5.02 Å². The van der Waals surface area contributed by atoms with E-state index in [-0.39, 0.29) is 11.7 Å². The molecule has 0 fully saturated rings. The lowest BCUT2D eigenvalue weighted by Gasteiger charge is -2.11. The number of amides is 1. The van der Waals surface area contributed by atoms with Gasteiger partial charge in [0.25, 0.3) is 5.91 Å². The van der Waals surface area contributed by atoms with Crippen LogP contribution in [-0.4, -0.2) is 39.2 Å². The van der Waals surface area contributed by atoms with Crippen LogP contribution < -0.4 is 10.2 Å². The van der Waals surface area contributed by atoms with Crippen molar-refractivity contribution in [2.24, 2.45) is 5.10 Å². The van der Waals surface area contributed by atoms with Gasteiger partial charge in [-0.25, -0.2) is 5.43 Å². The first-order valence-electron chi connectivity index (χ1n) is 10.6. The molecular formula is C25H22ClN5O2S. The summed E-state index contributed by atoms with van der Waals surface area (Å²) in [5.41, 5.74) is 5.16. The van der Waals surface area contributed by atoms with Gasteiger partial charge in [-0.3, -0.25) is 9.36 Å². The third-order valence-electron chi connectivity index (χ3n) is 4.68. The first-order valence-corrected chi connectivity index (χ1v) is 11.9. The van der Waals surface area contributed by atoms with Crippen molar-refractivity contribution in [3.8, 4) is 22.8 Å². The summed E-state index contributed by atoms with van der Waals surface area (Å²) in [4.78, 5) is 12.4. The van der Waals surface area contributed by atoms with Gasteiger partial charge in [-0.2, -0.15) is 5.10 Å². The fourth-order valence-corrected chi connectivity index (χ4v) is 3.99. The summed E-state index contributed by atoms with van der Waals surface area (Å²) in [7, 11) is 0. The summed E-state index contributed by atoms with van der Waals surface area (Å²) in [5.74, 6) is 1.30. The van der Waals surface area contributed by atoms with Gasteiger partial charge in [-0.1, -0.05) is 53.7 Å². The summed E-state index contributed by atoms with van der Waals surface area (Å²) in [6.45, 7) is 2.53. The predicted octanol–water partition coefficient (Wildman–Crippen LogP) is 5.23. The summed E-state index contributed by atoms with van der Waals surface area (Å²) >= 11 is 7.33. The lowest BCUT2D eigenvalue weighted by atomic mass is 10.2. The summed E-state index contributed by atoms with van der Waals surface area (Å²) in [6.07, 6.45) is 1.60. The molecule has 3 aromatic carbocycles. The van der Waals surface area contributed by atoms with Gasteiger partial charge in [-0.05, 0) is 61.0 Å². The van der Waals surface area contributed by atoms with Crippen molar-refractivity contribution in [1.29, 1.82) is 0 Å². The highest BCUT2D eigenvalue weighted by atomic mass is 35.5. The van der Waals surface area contributed by atoms with E-state index in [1.54, 1.807) is 18.3 Å². The molecule has 1 aromatic heterocycles. The zero-order valence-corrected chi connectivity index (χ0v) is 20.0. The number of nitrogens with zero attached hydrogens (tertiary/aromatic N) is 4. The van der Waals surface area contributed by atoms with Crippen molar-refractivity contribution in [3.63, 3.8) is 0 Å². The number of hydrogen-bond acceptors (Lipinski definition) is 6. The van der Waals surface area contributed by atoms with E-state index >= 15 is 0 Å². The van der Waals surface area contributed by atoms with Crippen molar-refractivity contribution in [2.75, 3.05) is 12.4 Å². The molecule has 0 bridgehead atoms. The molecule has 34 heavy (non-hydrogen) atoms. The first kappa shape index (κ1) is 23.5. The van der Waals surface area contributed by atoms with Crippen LogP contribution in [-0.2, 0) is 4.79 Å². The second-order valence-electron chi connectivity index (χ2n) is 7.07. The van der Waals surface area contributed by atoms with Crippen LogP contribution in [0.5, 0.6) is 5.75 Å². The van der Waals surface area contributed by atoms with E-state index in [0.717, 1.165) is 22.6 Å². The molecule has 7 nitrogen and oxygen atoms in total. The monoisotopic (exact) mass is 491 g/mol. The average molecular weight is 492 g/mol. The Morgan fingerprint density at radius 2 is 1.79 bits per heavy atom. The Kier molecular flexibility index (Phi) is 7.95. The van der Waals surface area contributed by atoms with Crippen LogP contribution in [0.1, 0.15) is 12.5 Å². The maximum atomic E-state index is 12.4. The van der Waals surface area contributed by atoms with Crippen LogP contribution in [0.3, 0.4) is 0 Å². The molecule has 0 unspecified atom stereocenters. The third-order valence-corrected chi connectivity index (χ3v) is 5.86. The van der Waals surface area contributed by atoms with E-state index in [1.807, 2.05) is 78.2 Å². The Balaban J connectivity index is 1.53. The van der Waals surface area contributed by atoms with Gasteiger partial charge >= 0.3 is 0 Å². The number of nitrogens with one attached hydrogen (secondary N) is 1. The molecule has 0 saturated carbocycles. The molecule has 1 heterocycles. The van der Waals surface area contributed by atoms with Crippen molar-refractivity contribution in [2.45, 2.75) is 12.1 Å². The molecular weight excluding hydrogens is 470 g/mol. The van der Waals surface area contributed by atoms with Crippen molar-refractivity contribution < 1.29 is 9.53 Å². The van der Waals surface area contributed by atoms with Crippen LogP contribution >= 0.6 is 23.4 Å². The summed E-state index contributed by atoms with van der Waals surface area (Å²) in [5, 5.41) is 14.0. The van der Waals surface area contributed by atoms with Crippen molar-refractivity contribution in [3.05, 3.63) is 89.4 Å². The summed E-state index contributed by atoms with van der Waals surface area (Å²) in [6, 6.07) is 24.6. The number of hydrazone groups is 1. The number of thioether (sulfide) groups is 1. The van der Waals surface area contributed by atoms with Crippen LogP contribution in [0.4, 0.5) is 0 Å². The fraction of sp³-hybridized carbons (Fsp3) is 0.120. The maximum absolute atomic E-state index is 12.4. The number of carbonyl (C=O) groups is 1. The number of ether oxygens (including phenoxy) is 1. The molecule has 0 aliphatic carbocycles. The second-order valence-corrected chi connectivity index (χ2v) is 8.45. The fourth-order valence-electron chi connectivity index (χ4n) is 3.12. The molecule has 9 heteroatoms. The minimum Gasteiger partial charge on any atom is -0.494 e. The third kappa shape index (κ3) is 6.03. The minimum atomic E-state index is -0.244. The van der Waals surface area contributed by atoms with E-state index in [1.165, 1.54) is 11.8 Å². The largest absolute Gasteiger partial charge is 0.494 e. The Labute approximate surface area is 206 Å². The predicted molar refractivity (Wildman–Crippen MR) is 136 cm³/mol. The topological polar surface area (TPSA) is 81.4 Å². The van der Waals surface area contributed by atoms with Gasteiger partial charge in [0.2, 0.25) is 0 Å². The average Bonchev–Trinajstić information content (AvgIpc) is 3.28. The zero-order valence-electron chi connectivity index (χ0n) is 18.4. The first-order chi connectivity index (χ1) is 16.6. The van der Waals surface area contributed by atoms with E-state index in [2.05, 4.69) is 20.7 Å². The molecule has 4 aromatic rings. The lowest BCUT2D eigenvalue weighted by molar-refractivity contribution is -0.118.